The molecule has 1 aliphatic rings. The van der Waals surface area contributed by atoms with Crippen LogP contribution in [0.5, 0.6) is 0 Å². The molecule has 4 aromatic rings. The lowest BCUT2D eigenvalue weighted by Crippen LogP contribution is -1.99. The van der Waals surface area contributed by atoms with Crippen molar-refractivity contribution in [3.63, 3.8) is 0 Å². The zero-order valence-electron chi connectivity index (χ0n) is 13.9. The zero-order chi connectivity index (χ0) is 19.4. The largest absolute Gasteiger partial charge is 0.436 e. The third kappa shape index (κ3) is 2.58. The van der Waals surface area contributed by atoms with Gasteiger partial charge in [-0.25, -0.2) is 0 Å². The Balaban J connectivity index is 1.53. The van der Waals surface area contributed by atoms with Gasteiger partial charge in [-0.2, -0.15) is 4.98 Å². The molecule has 0 fully saturated rings. The molecule has 8 heteroatoms. The maximum Gasteiger partial charge on any atom is 0.266 e. The lowest BCUT2D eigenvalue weighted by atomic mass is 10.1. The number of benzene rings is 1. The molecule has 0 unspecified atom stereocenters. The van der Waals surface area contributed by atoms with Crippen LogP contribution in [0.3, 0.4) is 0 Å². The highest BCUT2D eigenvalue weighted by Crippen LogP contribution is 2.35. The summed E-state index contributed by atoms with van der Waals surface area (Å²) in [5, 5.41) is 0.427. The molecule has 0 saturated carbocycles. The molecule has 1 aromatic carbocycles. The number of oxazole rings is 1. The highest BCUT2D eigenvalue weighted by Gasteiger charge is 2.34. The van der Waals surface area contributed by atoms with Gasteiger partial charge in [-0.05, 0) is 30.3 Å². The summed E-state index contributed by atoms with van der Waals surface area (Å²) < 4.78 is 11.3. The van der Waals surface area contributed by atoms with E-state index in [0.717, 1.165) is 0 Å². The molecule has 0 N–H and O–H groups in total. The van der Waals surface area contributed by atoms with Crippen LogP contribution in [0.1, 0.15) is 26.5 Å². The lowest BCUT2D eigenvalue weighted by Gasteiger charge is -1.98. The summed E-state index contributed by atoms with van der Waals surface area (Å²) >= 11 is 11.9. The Morgan fingerprint density at radius 2 is 1.68 bits per heavy atom. The van der Waals surface area contributed by atoms with Gasteiger partial charge in [0.15, 0.2) is 17.1 Å². The predicted molar refractivity (Wildman–Crippen MR) is 103 cm³/mol. The second-order valence-electron chi connectivity index (χ2n) is 6.11. The Morgan fingerprint density at radius 1 is 0.964 bits per heavy atom. The van der Waals surface area contributed by atoms with Gasteiger partial charge in [0.25, 0.3) is 5.71 Å². The van der Waals surface area contributed by atoms with Crippen molar-refractivity contribution < 1.29 is 18.4 Å². The molecule has 28 heavy (non-hydrogen) atoms. The van der Waals surface area contributed by atoms with E-state index in [1.54, 1.807) is 24.5 Å². The molecule has 0 aliphatic heterocycles. The van der Waals surface area contributed by atoms with Gasteiger partial charge in [-0.15, -0.1) is 0 Å². The van der Waals surface area contributed by atoms with E-state index in [1.165, 1.54) is 18.2 Å². The number of allylic oxidation sites excluding steroid dienone is 1. The van der Waals surface area contributed by atoms with Crippen molar-refractivity contribution in [1.82, 2.24) is 9.97 Å². The lowest BCUT2D eigenvalue weighted by molar-refractivity contribution is 0.0990. The summed E-state index contributed by atoms with van der Waals surface area (Å²) in [6, 6.07) is 7.94. The second kappa shape index (κ2) is 6.15. The molecule has 0 spiro atoms. The van der Waals surface area contributed by atoms with Gasteiger partial charge in [0.2, 0.25) is 5.89 Å². The first-order chi connectivity index (χ1) is 13.5. The number of carbonyl (C=O) groups excluding carboxylic acids is 2. The Labute approximate surface area is 167 Å². The number of Topliss-reactive ketones (excluding diaryl/α,β-unsaturated/α-hetero) is 2. The van der Waals surface area contributed by atoms with Crippen LogP contribution in [0.15, 0.2) is 57.1 Å². The number of nitrogens with zero attached hydrogens (tertiary/aromatic N) is 2. The van der Waals surface area contributed by atoms with Gasteiger partial charge in [-0.3, -0.25) is 14.6 Å². The van der Waals surface area contributed by atoms with Gasteiger partial charge in [-0.1, -0.05) is 23.2 Å². The number of halogens is 2. The van der Waals surface area contributed by atoms with E-state index in [1.807, 2.05) is 6.07 Å². The van der Waals surface area contributed by atoms with E-state index in [9.17, 15) is 9.59 Å². The Hall–Kier alpha value is -3.22. The van der Waals surface area contributed by atoms with E-state index in [4.69, 9.17) is 32.0 Å². The molecule has 6 nitrogen and oxygen atoms in total. The first-order valence-electron chi connectivity index (χ1n) is 8.12. The van der Waals surface area contributed by atoms with E-state index in [-0.39, 0.29) is 38.2 Å². The van der Waals surface area contributed by atoms with Crippen molar-refractivity contribution in [3.05, 3.63) is 75.2 Å². The summed E-state index contributed by atoms with van der Waals surface area (Å²) in [5.41, 5.74) is 1.77. The Morgan fingerprint density at radius 3 is 2.29 bits per heavy atom. The monoisotopic (exact) mass is 410 g/mol. The minimum atomic E-state index is -0.435. The van der Waals surface area contributed by atoms with Gasteiger partial charge in [0.1, 0.15) is 5.76 Å². The maximum absolute atomic E-state index is 12.6. The fourth-order valence-electron chi connectivity index (χ4n) is 3.03. The molecule has 3 aromatic heterocycles. The molecular formula is C20H8Cl2N2O4. The molecule has 0 amide bonds. The summed E-state index contributed by atoms with van der Waals surface area (Å²) in [4.78, 5) is 33.5. The molecule has 136 valence electrons. The minimum Gasteiger partial charge on any atom is -0.436 e. The number of hydrogen-bond acceptors (Lipinski definition) is 6. The van der Waals surface area contributed by atoms with E-state index >= 15 is 0 Å². The van der Waals surface area contributed by atoms with Crippen LogP contribution < -0.4 is 0 Å². The van der Waals surface area contributed by atoms with Crippen molar-refractivity contribution >= 4 is 52.1 Å². The summed E-state index contributed by atoms with van der Waals surface area (Å²) in [7, 11) is 0. The predicted octanol–water partition coefficient (Wildman–Crippen LogP) is 5.25. The number of hydrogen-bond donors (Lipinski definition) is 0. The minimum absolute atomic E-state index is 0.0304. The fraction of sp³-hybridized carbons (Fsp3) is 0. The first kappa shape index (κ1) is 16.9. The summed E-state index contributed by atoms with van der Waals surface area (Å²) in [5.74, 6) is -0.224. The Bertz CT molecular complexity index is 1240. The molecule has 0 saturated heterocycles. The number of pyridine rings is 1. The molecule has 0 radical (unpaired) electrons. The maximum atomic E-state index is 12.6. The van der Waals surface area contributed by atoms with Crippen molar-refractivity contribution in [3.8, 4) is 11.5 Å². The number of aromatic nitrogens is 2. The third-order valence-electron chi connectivity index (χ3n) is 4.34. The molecule has 1 aliphatic carbocycles. The van der Waals surface area contributed by atoms with Crippen molar-refractivity contribution in [2.45, 2.75) is 0 Å². The van der Waals surface area contributed by atoms with Crippen LogP contribution in [0.4, 0.5) is 0 Å². The van der Waals surface area contributed by atoms with Crippen LogP contribution in [0.25, 0.3) is 28.8 Å². The topological polar surface area (TPSA) is 86.2 Å². The standard InChI is InChI=1S/C20H8Cl2N2O4/c21-14-6-11-12(7-15(14)22)18(26)13(17(11)25)4-10-5-16-20(27-10)24-19(28-16)9-2-1-3-23-8-9/h1-8H. The number of rotatable bonds is 2. The molecule has 5 rings (SSSR count). The van der Waals surface area contributed by atoms with E-state index < -0.39 is 11.6 Å². The summed E-state index contributed by atoms with van der Waals surface area (Å²) in [6.45, 7) is 0. The van der Waals surface area contributed by atoms with Crippen LogP contribution in [-0.4, -0.2) is 21.5 Å². The van der Waals surface area contributed by atoms with Crippen molar-refractivity contribution in [1.29, 1.82) is 0 Å². The van der Waals surface area contributed by atoms with Crippen LogP contribution >= 0.6 is 23.2 Å². The molecular weight excluding hydrogens is 403 g/mol. The SMILES string of the molecule is O=C1C(=Cc2cc3oc(-c4cccnc4)nc3o2)C(=O)c2cc(Cl)c(Cl)cc21. The van der Waals surface area contributed by atoms with Gasteiger partial charge in [0.05, 0.1) is 21.2 Å². The first-order valence-corrected chi connectivity index (χ1v) is 8.88. The quantitative estimate of drug-likeness (QED) is 0.331. The number of ketones is 2. The van der Waals surface area contributed by atoms with Crippen LogP contribution in [0.2, 0.25) is 10.0 Å². The highest BCUT2D eigenvalue weighted by molar-refractivity contribution is 6.46. The van der Waals surface area contributed by atoms with E-state index in [2.05, 4.69) is 9.97 Å². The number of fused-ring (bicyclic) bond motifs is 2. The van der Waals surface area contributed by atoms with Crippen LogP contribution in [0, 0.1) is 0 Å². The zero-order valence-corrected chi connectivity index (χ0v) is 15.4. The normalized spacial score (nSPS) is 13.4. The van der Waals surface area contributed by atoms with Crippen molar-refractivity contribution in [2.24, 2.45) is 0 Å². The van der Waals surface area contributed by atoms with Gasteiger partial charge in [0, 0.05) is 29.6 Å². The fourth-order valence-corrected chi connectivity index (χ4v) is 3.35. The number of furan rings is 1. The Kier molecular flexibility index (Phi) is 3.72. The molecule has 0 atom stereocenters. The average Bonchev–Trinajstić information content (AvgIpc) is 3.31. The molecule has 3 heterocycles. The number of carbonyl (C=O) groups is 2. The average molecular weight is 411 g/mol. The van der Waals surface area contributed by atoms with Crippen LogP contribution in [-0.2, 0) is 0 Å². The third-order valence-corrected chi connectivity index (χ3v) is 5.06. The summed E-state index contributed by atoms with van der Waals surface area (Å²) in [6.07, 6.45) is 4.64. The van der Waals surface area contributed by atoms with E-state index in [0.29, 0.717) is 17.0 Å². The highest BCUT2D eigenvalue weighted by atomic mass is 35.5. The van der Waals surface area contributed by atoms with Gasteiger partial charge < -0.3 is 8.83 Å². The smallest absolute Gasteiger partial charge is 0.266 e. The molecule has 0 bridgehead atoms. The second-order valence-corrected chi connectivity index (χ2v) is 6.92. The van der Waals surface area contributed by atoms with Crippen molar-refractivity contribution in [2.75, 3.05) is 0 Å². The van der Waals surface area contributed by atoms with Gasteiger partial charge >= 0.3 is 0 Å².